The molecule has 4 aromatic heterocycles. The summed E-state index contributed by atoms with van der Waals surface area (Å²) in [5, 5.41) is 17.4. The van der Waals surface area contributed by atoms with E-state index in [0.29, 0.717) is 0 Å². The normalized spacial score (nSPS) is 10.4. The Morgan fingerprint density at radius 2 is 1.68 bits per heavy atom. The Labute approximate surface area is 121 Å². The zero-order chi connectivity index (χ0) is 13.1. The number of hydrogen-bond acceptors (Lipinski definition) is 4. The van der Waals surface area contributed by atoms with Gasteiger partial charge < -0.3 is 9.97 Å². The Bertz CT molecular complexity index is 776. The van der Waals surface area contributed by atoms with Gasteiger partial charge in [-0.3, -0.25) is 0 Å². The molecule has 0 amide bonds. The molecule has 4 heterocycles. The van der Waals surface area contributed by atoms with Gasteiger partial charge in [-0.05, 0) is 40.8 Å². The number of aromatic amines is 2. The fourth-order valence-electron chi connectivity index (χ4n) is 1.64. The van der Waals surface area contributed by atoms with E-state index in [0.717, 1.165) is 22.1 Å². The third kappa shape index (κ3) is 2.55. The second-order valence-corrected chi connectivity index (χ2v) is 4.91. The van der Waals surface area contributed by atoms with E-state index in [1.807, 2.05) is 30.6 Å². The smallest absolute Gasteiger partial charge is 0.161 e. The largest absolute Gasteiger partial charge is 0.345 e. The van der Waals surface area contributed by atoms with E-state index in [1.165, 1.54) is 3.57 Å². The second-order valence-electron chi connectivity index (χ2n) is 3.74. The van der Waals surface area contributed by atoms with E-state index < -0.39 is 0 Å². The predicted octanol–water partition coefficient (Wildman–Crippen LogP) is 2.52. The van der Waals surface area contributed by atoms with Gasteiger partial charge in [0, 0.05) is 26.7 Å². The van der Waals surface area contributed by atoms with Crippen LogP contribution in [0.1, 0.15) is 0 Å². The van der Waals surface area contributed by atoms with Crippen molar-refractivity contribution in [2.24, 2.45) is 0 Å². The lowest BCUT2D eigenvalue weighted by molar-refractivity contribution is 1.06. The first-order chi connectivity index (χ1) is 9.34. The minimum absolute atomic E-state index is 0.845. The van der Waals surface area contributed by atoms with Gasteiger partial charge >= 0.3 is 0 Å². The highest BCUT2D eigenvalue weighted by atomic mass is 127. The molecule has 19 heavy (non-hydrogen) atoms. The van der Waals surface area contributed by atoms with Gasteiger partial charge in [-0.1, -0.05) is 0 Å². The van der Waals surface area contributed by atoms with E-state index in [9.17, 15) is 0 Å². The van der Waals surface area contributed by atoms with Crippen molar-refractivity contribution in [1.82, 2.24) is 30.4 Å². The highest BCUT2D eigenvalue weighted by Crippen LogP contribution is 2.15. The maximum Gasteiger partial charge on any atom is 0.161 e. The molecule has 0 radical (unpaired) electrons. The Morgan fingerprint density at radius 3 is 2.47 bits per heavy atom. The average Bonchev–Trinajstić information content (AvgIpc) is 3.07. The summed E-state index contributed by atoms with van der Waals surface area (Å²) in [6, 6.07) is 5.82. The summed E-state index contributed by atoms with van der Waals surface area (Å²) >= 11 is 2.25. The molecule has 0 saturated heterocycles. The number of nitrogens with one attached hydrogen (secondary N) is 2. The maximum absolute atomic E-state index is 3.89. The Balaban J connectivity index is 0.000000117. The molecule has 0 aliphatic heterocycles. The van der Waals surface area contributed by atoms with E-state index in [2.05, 4.69) is 53.0 Å². The summed E-state index contributed by atoms with van der Waals surface area (Å²) < 4.78 is 1.18. The standard InChI is InChI=1S/C6H4IN3.C6H5N3/c7-5-3-8-6-4(5)1-2-9-10-6;1-3-7-6-5(1)2-4-8-9-6/h1-3H,(H,8,10);1-4H,(H,7,9). The minimum atomic E-state index is 0.845. The highest BCUT2D eigenvalue weighted by Gasteiger charge is 1.98. The Morgan fingerprint density at radius 1 is 0.895 bits per heavy atom. The minimum Gasteiger partial charge on any atom is -0.345 e. The van der Waals surface area contributed by atoms with Crippen molar-refractivity contribution in [3.05, 3.63) is 46.6 Å². The van der Waals surface area contributed by atoms with Crippen molar-refractivity contribution in [3.8, 4) is 0 Å². The molecule has 0 fully saturated rings. The van der Waals surface area contributed by atoms with Gasteiger partial charge in [0.1, 0.15) is 0 Å². The molecule has 0 aromatic carbocycles. The van der Waals surface area contributed by atoms with Gasteiger partial charge in [-0.25, -0.2) is 0 Å². The van der Waals surface area contributed by atoms with Crippen LogP contribution in [0.3, 0.4) is 0 Å². The van der Waals surface area contributed by atoms with Crippen LogP contribution in [0.15, 0.2) is 43.0 Å². The summed E-state index contributed by atoms with van der Waals surface area (Å²) in [7, 11) is 0. The summed E-state index contributed by atoms with van der Waals surface area (Å²) in [5.41, 5.74) is 1.70. The van der Waals surface area contributed by atoms with Crippen LogP contribution in [-0.2, 0) is 0 Å². The lowest BCUT2D eigenvalue weighted by Gasteiger charge is -1.83. The van der Waals surface area contributed by atoms with Crippen molar-refractivity contribution in [1.29, 1.82) is 0 Å². The van der Waals surface area contributed by atoms with Crippen molar-refractivity contribution in [3.63, 3.8) is 0 Å². The van der Waals surface area contributed by atoms with E-state index in [-0.39, 0.29) is 0 Å². The molecule has 7 heteroatoms. The quantitative estimate of drug-likeness (QED) is 0.470. The van der Waals surface area contributed by atoms with Crippen LogP contribution >= 0.6 is 22.6 Å². The molecular formula is C12H9IN6. The van der Waals surface area contributed by atoms with Crippen LogP contribution in [0.4, 0.5) is 0 Å². The SMILES string of the molecule is Ic1c[nH]c2nnccc12.c1cc2cc[nH]c2nn1. The Kier molecular flexibility index (Phi) is 3.36. The van der Waals surface area contributed by atoms with Crippen LogP contribution in [0.5, 0.6) is 0 Å². The van der Waals surface area contributed by atoms with Gasteiger partial charge in [0.2, 0.25) is 0 Å². The molecule has 6 nitrogen and oxygen atoms in total. The first-order valence-corrected chi connectivity index (χ1v) is 6.61. The van der Waals surface area contributed by atoms with Crippen molar-refractivity contribution >= 4 is 44.7 Å². The number of nitrogens with zero attached hydrogens (tertiary/aromatic N) is 4. The molecule has 0 aliphatic carbocycles. The van der Waals surface area contributed by atoms with Crippen molar-refractivity contribution < 1.29 is 0 Å². The van der Waals surface area contributed by atoms with Crippen molar-refractivity contribution in [2.75, 3.05) is 0 Å². The van der Waals surface area contributed by atoms with Crippen LogP contribution in [-0.4, -0.2) is 30.4 Å². The zero-order valence-corrected chi connectivity index (χ0v) is 11.9. The summed E-state index contributed by atoms with van der Waals surface area (Å²) in [6.07, 6.45) is 7.13. The fourth-order valence-corrected chi connectivity index (χ4v) is 2.23. The van der Waals surface area contributed by atoms with E-state index in [4.69, 9.17) is 0 Å². The fraction of sp³-hybridized carbons (Fsp3) is 0. The molecule has 4 rings (SSSR count). The van der Waals surface area contributed by atoms with Gasteiger partial charge in [-0.2, -0.15) is 10.2 Å². The molecule has 0 unspecified atom stereocenters. The van der Waals surface area contributed by atoms with Crippen LogP contribution in [0.2, 0.25) is 0 Å². The predicted molar refractivity (Wildman–Crippen MR) is 80.5 cm³/mol. The molecular weight excluding hydrogens is 355 g/mol. The topological polar surface area (TPSA) is 83.1 Å². The number of fused-ring (bicyclic) bond motifs is 2. The molecule has 0 atom stereocenters. The van der Waals surface area contributed by atoms with E-state index in [1.54, 1.807) is 12.4 Å². The third-order valence-corrected chi connectivity index (χ3v) is 3.44. The monoisotopic (exact) mass is 364 g/mol. The van der Waals surface area contributed by atoms with Gasteiger partial charge in [0.05, 0.1) is 12.4 Å². The summed E-state index contributed by atoms with van der Waals surface area (Å²) in [5.74, 6) is 0. The third-order valence-electron chi connectivity index (χ3n) is 2.55. The van der Waals surface area contributed by atoms with Crippen LogP contribution < -0.4 is 0 Å². The molecule has 94 valence electrons. The van der Waals surface area contributed by atoms with Gasteiger partial charge in [-0.15, -0.1) is 10.2 Å². The van der Waals surface area contributed by atoms with E-state index >= 15 is 0 Å². The van der Waals surface area contributed by atoms with Crippen LogP contribution in [0, 0.1) is 3.57 Å². The number of rotatable bonds is 0. The molecule has 0 bridgehead atoms. The lowest BCUT2D eigenvalue weighted by Crippen LogP contribution is -1.78. The molecule has 2 N–H and O–H groups in total. The summed E-state index contributed by atoms with van der Waals surface area (Å²) in [4.78, 5) is 5.95. The number of hydrogen-bond donors (Lipinski definition) is 2. The maximum atomic E-state index is 3.89. The van der Waals surface area contributed by atoms with Gasteiger partial charge in [0.25, 0.3) is 0 Å². The van der Waals surface area contributed by atoms with Crippen LogP contribution in [0.25, 0.3) is 22.1 Å². The second kappa shape index (κ2) is 5.31. The zero-order valence-electron chi connectivity index (χ0n) is 9.71. The number of aromatic nitrogens is 6. The highest BCUT2D eigenvalue weighted by molar-refractivity contribution is 14.1. The molecule has 4 aromatic rings. The number of H-pyrrole nitrogens is 2. The van der Waals surface area contributed by atoms with Gasteiger partial charge in [0.15, 0.2) is 11.3 Å². The average molecular weight is 364 g/mol. The lowest BCUT2D eigenvalue weighted by atomic mass is 10.4. The first kappa shape index (κ1) is 12.0. The Hall–Kier alpha value is -2.03. The molecule has 0 saturated carbocycles. The molecule has 0 spiro atoms. The first-order valence-electron chi connectivity index (χ1n) is 5.53. The summed E-state index contributed by atoms with van der Waals surface area (Å²) in [6.45, 7) is 0. The van der Waals surface area contributed by atoms with Crippen molar-refractivity contribution in [2.45, 2.75) is 0 Å². The number of halogens is 1. The molecule has 0 aliphatic rings.